The number of pyridine rings is 2. The first-order valence-electron chi connectivity index (χ1n) is 7.57. The van der Waals surface area contributed by atoms with Gasteiger partial charge in [0.2, 0.25) is 5.91 Å². The van der Waals surface area contributed by atoms with E-state index in [1.807, 2.05) is 20.8 Å². The van der Waals surface area contributed by atoms with Crippen molar-refractivity contribution in [3.05, 3.63) is 45.7 Å². The zero-order chi connectivity index (χ0) is 18.7. The first-order chi connectivity index (χ1) is 11.7. The molecule has 6 nitrogen and oxygen atoms in total. The number of rotatable bonds is 5. The summed E-state index contributed by atoms with van der Waals surface area (Å²) in [5.74, 6) is -0.406. The smallest absolute Gasteiger partial charge is 0.251 e. The highest BCUT2D eigenvalue weighted by Gasteiger charge is 2.22. The molecule has 0 aliphatic heterocycles. The third kappa shape index (κ3) is 4.49. The number of primary amides is 1. The fourth-order valence-corrected chi connectivity index (χ4v) is 3.36. The van der Waals surface area contributed by atoms with Crippen molar-refractivity contribution in [1.29, 1.82) is 0 Å². The van der Waals surface area contributed by atoms with Gasteiger partial charge in [-0.25, -0.2) is 9.97 Å². The molecular weight excluding hydrogens is 360 g/mol. The number of anilines is 1. The van der Waals surface area contributed by atoms with Crippen LogP contribution in [0.3, 0.4) is 0 Å². The molecule has 0 radical (unpaired) electrons. The fourth-order valence-electron chi connectivity index (χ4n) is 2.19. The number of carbonyl (C=O) groups excluding carboxylic acids is 2. The van der Waals surface area contributed by atoms with Crippen molar-refractivity contribution < 1.29 is 9.59 Å². The second-order valence-electron chi connectivity index (χ2n) is 5.60. The Hall–Kier alpha value is -2.12. The molecule has 0 aromatic carbocycles. The van der Waals surface area contributed by atoms with Gasteiger partial charge in [0.15, 0.2) is 0 Å². The van der Waals surface area contributed by atoms with E-state index in [-0.39, 0.29) is 5.91 Å². The molecule has 1 atom stereocenters. The molecule has 25 heavy (non-hydrogen) atoms. The van der Waals surface area contributed by atoms with E-state index in [1.165, 1.54) is 18.0 Å². The number of hydrogen-bond donors (Lipinski definition) is 2. The number of hydrogen-bond acceptors (Lipinski definition) is 5. The van der Waals surface area contributed by atoms with Crippen LogP contribution in [0.15, 0.2) is 23.4 Å². The van der Waals surface area contributed by atoms with Gasteiger partial charge in [0.05, 0.1) is 15.8 Å². The molecule has 132 valence electrons. The number of nitrogens with two attached hydrogens (primary N) is 1. The lowest BCUT2D eigenvalue weighted by molar-refractivity contribution is -0.115. The third-order valence-electron chi connectivity index (χ3n) is 3.85. The van der Waals surface area contributed by atoms with E-state index in [9.17, 15) is 9.59 Å². The van der Waals surface area contributed by atoms with Crippen LogP contribution < -0.4 is 11.1 Å². The van der Waals surface area contributed by atoms with Crippen molar-refractivity contribution in [2.24, 2.45) is 5.73 Å². The Kier molecular flexibility index (Phi) is 6.02. The minimum atomic E-state index is -0.553. The van der Waals surface area contributed by atoms with E-state index in [1.54, 1.807) is 19.1 Å². The van der Waals surface area contributed by atoms with E-state index in [2.05, 4.69) is 15.3 Å². The van der Waals surface area contributed by atoms with E-state index < -0.39 is 11.2 Å². The average Bonchev–Trinajstić information content (AvgIpc) is 2.54. The minimum absolute atomic E-state index is 0.257. The summed E-state index contributed by atoms with van der Waals surface area (Å²) in [4.78, 5) is 32.7. The van der Waals surface area contributed by atoms with Gasteiger partial charge in [0, 0.05) is 11.9 Å². The van der Waals surface area contributed by atoms with Crippen LogP contribution in [-0.4, -0.2) is 27.0 Å². The van der Waals surface area contributed by atoms with Gasteiger partial charge in [0.25, 0.3) is 5.91 Å². The molecule has 0 spiro atoms. The topological polar surface area (TPSA) is 98.0 Å². The van der Waals surface area contributed by atoms with Gasteiger partial charge < -0.3 is 11.1 Å². The van der Waals surface area contributed by atoms with Crippen LogP contribution >= 0.6 is 23.4 Å². The van der Waals surface area contributed by atoms with E-state index in [0.717, 1.165) is 16.8 Å². The van der Waals surface area contributed by atoms with Crippen LogP contribution in [0.25, 0.3) is 0 Å². The Morgan fingerprint density at radius 3 is 2.48 bits per heavy atom. The molecule has 0 unspecified atom stereocenters. The quantitative estimate of drug-likeness (QED) is 0.778. The lowest BCUT2D eigenvalue weighted by atomic mass is 10.0. The van der Waals surface area contributed by atoms with E-state index in [4.69, 9.17) is 17.3 Å². The van der Waals surface area contributed by atoms with Crippen LogP contribution in [0, 0.1) is 20.8 Å². The highest BCUT2D eigenvalue weighted by molar-refractivity contribution is 8.00. The molecular formula is C17H19ClN4O2S. The van der Waals surface area contributed by atoms with Gasteiger partial charge in [-0.05, 0) is 51.0 Å². The summed E-state index contributed by atoms with van der Waals surface area (Å²) in [6, 6.07) is 3.26. The summed E-state index contributed by atoms with van der Waals surface area (Å²) in [6.07, 6.45) is 1.45. The van der Waals surface area contributed by atoms with E-state index in [0.29, 0.717) is 21.4 Å². The van der Waals surface area contributed by atoms with Gasteiger partial charge in [-0.3, -0.25) is 9.59 Å². The minimum Gasteiger partial charge on any atom is -0.366 e. The molecule has 2 amide bonds. The van der Waals surface area contributed by atoms with Crippen molar-refractivity contribution >= 4 is 41.0 Å². The van der Waals surface area contributed by atoms with Gasteiger partial charge in [0.1, 0.15) is 10.8 Å². The lowest BCUT2D eigenvalue weighted by Gasteiger charge is -2.16. The largest absolute Gasteiger partial charge is 0.366 e. The summed E-state index contributed by atoms with van der Waals surface area (Å²) in [7, 11) is 0. The Morgan fingerprint density at radius 1 is 1.24 bits per heavy atom. The van der Waals surface area contributed by atoms with Crippen LogP contribution in [0.1, 0.15) is 34.1 Å². The Labute approximate surface area is 155 Å². The number of aryl methyl sites for hydroxylation is 1. The van der Waals surface area contributed by atoms with Crippen LogP contribution in [0.5, 0.6) is 0 Å². The molecule has 0 bridgehead atoms. The molecule has 2 heterocycles. The Balaban J connectivity index is 2.22. The molecule has 2 rings (SSSR count). The number of amides is 2. The number of nitrogens with one attached hydrogen (secondary N) is 1. The number of thioether (sulfide) groups is 1. The molecule has 0 aliphatic rings. The predicted molar refractivity (Wildman–Crippen MR) is 100 cm³/mol. The number of halogens is 1. The fraction of sp³-hybridized carbons (Fsp3) is 0.294. The average molecular weight is 379 g/mol. The number of carbonyl (C=O) groups is 2. The maximum absolute atomic E-state index is 12.4. The summed E-state index contributed by atoms with van der Waals surface area (Å²) in [5, 5.41) is 3.15. The van der Waals surface area contributed by atoms with Crippen molar-refractivity contribution in [2.75, 3.05) is 5.32 Å². The maximum atomic E-state index is 12.4. The number of aromatic nitrogens is 2. The van der Waals surface area contributed by atoms with Gasteiger partial charge in [-0.2, -0.15) is 0 Å². The maximum Gasteiger partial charge on any atom is 0.251 e. The second kappa shape index (κ2) is 7.84. The van der Waals surface area contributed by atoms with Crippen molar-refractivity contribution in [3.8, 4) is 0 Å². The highest BCUT2D eigenvalue weighted by atomic mass is 35.5. The summed E-state index contributed by atoms with van der Waals surface area (Å²) in [6.45, 7) is 7.31. The zero-order valence-electron chi connectivity index (χ0n) is 14.4. The first-order valence-corrected chi connectivity index (χ1v) is 8.83. The predicted octanol–water partition coefficient (Wildman–Crippen LogP) is 3.27. The summed E-state index contributed by atoms with van der Waals surface area (Å²) in [5.41, 5.74) is 8.37. The van der Waals surface area contributed by atoms with Crippen molar-refractivity contribution in [2.45, 2.75) is 38.0 Å². The lowest BCUT2D eigenvalue weighted by Crippen LogP contribution is -2.24. The molecule has 0 fully saturated rings. The molecule has 3 N–H and O–H groups in total. The Bertz CT molecular complexity index is 824. The summed E-state index contributed by atoms with van der Waals surface area (Å²) < 4.78 is 0. The summed E-state index contributed by atoms with van der Waals surface area (Å²) >= 11 is 6.96. The zero-order valence-corrected chi connectivity index (χ0v) is 16.0. The van der Waals surface area contributed by atoms with Crippen LogP contribution in [0.2, 0.25) is 5.02 Å². The van der Waals surface area contributed by atoms with E-state index >= 15 is 0 Å². The molecule has 2 aromatic heterocycles. The first kappa shape index (κ1) is 19.2. The molecule has 2 aromatic rings. The third-order valence-corrected chi connectivity index (χ3v) is 5.16. The molecule has 8 heteroatoms. The van der Waals surface area contributed by atoms with Gasteiger partial charge in [-0.1, -0.05) is 23.4 Å². The molecule has 0 aliphatic carbocycles. The standard InChI is InChI=1S/C17H19ClN4O2S/c1-8-9(2)14(15(19)23)17(21-10(8)3)25-11(4)16(24)22-13-6-5-12(18)7-20-13/h5-7,11H,1-4H3,(H2,19,23)(H,20,22,24)/t11-/m1/s1. The SMILES string of the molecule is Cc1nc(S[C@H](C)C(=O)Nc2ccc(Cl)cn2)c(C(N)=O)c(C)c1C. The van der Waals surface area contributed by atoms with Crippen LogP contribution in [-0.2, 0) is 4.79 Å². The molecule has 0 saturated carbocycles. The van der Waals surface area contributed by atoms with Crippen molar-refractivity contribution in [1.82, 2.24) is 9.97 Å². The molecule has 0 saturated heterocycles. The van der Waals surface area contributed by atoms with Crippen molar-refractivity contribution in [3.63, 3.8) is 0 Å². The normalized spacial score (nSPS) is 11.9. The van der Waals surface area contributed by atoms with Crippen LogP contribution in [0.4, 0.5) is 5.82 Å². The van der Waals surface area contributed by atoms with Gasteiger partial charge >= 0.3 is 0 Å². The Morgan fingerprint density at radius 2 is 1.92 bits per heavy atom. The monoisotopic (exact) mass is 378 g/mol. The number of nitrogens with zero attached hydrogens (tertiary/aromatic N) is 2. The second-order valence-corrected chi connectivity index (χ2v) is 7.37. The highest BCUT2D eigenvalue weighted by Crippen LogP contribution is 2.30. The van der Waals surface area contributed by atoms with Gasteiger partial charge in [-0.15, -0.1) is 0 Å².